The maximum absolute atomic E-state index is 14.0. The van der Waals surface area contributed by atoms with Gasteiger partial charge < -0.3 is 14.8 Å². The Hall–Kier alpha value is -3.73. The van der Waals surface area contributed by atoms with Crippen molar-refractivity contribution in [3.05, 3.63) is 81.1 Å². The van der Waals surface area contributed by atoms with Crippen molar-refractivity contribution in [3.8, 4) is 0 Å². The number of H-pyrrole nitrogens is 1. The summed E-state index contributed by atoms with van der Waals surface area (Å²) >= 11 is 0. The van der Waals surface area contributed by atoms with E-state index in [-0.39, 0.29) is 17.7 Å². The van der Waals surface area contributed by atoms with Crippen molar-refractivity contribution >= 4 is 28.1 Å². The summed E-state index contributed by atoms with van der Waals surface area (Å²) in [7, 11) is 0. The predicted octanol–water partition coefficient (Wildman–Crippen LogP) is 3.95. The Labute approximate surface area is 183 Å². The van der Waals surface area contributed by atoms with Crippen molar-refractivity contribution < 1.29 is 13.6 Å². The Bertz CT molecular complexity index is 1290. The molecule has 4 rings (SSSR count). The smallest absolute Gasteiger partial charge is 0.259 e. The number of pyridine rings is 1. The van der Waals surface area contributed by atoms with E-state index in [1.54, 1.807) is 17.0 Å². The Morgan fingerprint density at radius 1 is 1.12 bits per heavy atom. The van der Waals surface area contributed by atoms with Crippen LogP contribution >= 0.6 is 0 Å². The number of aryl methyl sites for hydroxylation is 2. The first-order valence-electron chi connectivity index (χ1n) is 10.4. The molecular formula is C24H22F2N4O2. The maximum Gasteiger partial charge on any atom is 0.259 e. The number of fused-ring (bicyclic) bond motifs is 1. The van der Waals surface area contributed by atoms with E-state index >= 15 is 0 Å². The zero-order valence-corrected chi connectivity index (χ0v) is 17.6. The number of rotatable bonds is 4. The van der Waals surface area contributed by atoms with Crippen LogP contribution in [-0.4, -0.2) is 42.0 Å². The molecule has 1 N–H and O–H groups in total. The highest BCUT2D eigenvalue weighted by Gasteiger charge is 2.23. The van der Waals surface area contributed by atoms with Gasteiger partial charge in [0.1, 0.15) is 11.6 Å². The van der Waals surface area contributed by atoms with E-state index in [4.69, 9.17) is 6.57 Å². The van der Waals surface area contributed by atoms with E-state index in [0.717, 1.165) is 5.56 Å². The molecule has 2 heterocycles. The lowest BCUT2D eigenvalue weighted by molar-refractivity contribution is -0.131. The molecule has 6 nitrogen and oxygen atoms in total. The summed E-state index contributed by atoms with van der Waals surface area (Å²) in [4.78, 5) is 34.8. The number of amides is 1. The third-order valence-electron chi connectivity index (χ3n) is 5.87. The molecule has 0 spiro atoms. The minimum atomic E-state index is -0.563. The minimum absolute atomic E-state index is 0.0346. The molecule has 1 aliphatic rings. The van der Waals surface area contributed by atoms with E-state index in [0.29, 0.717) is 55.1 Å². The SMILES string of the molecule is [C-]#[N+]c1ccc(F)cc1N1CCN(C(=O)CCc2cc3c(C)ccc(F)c3c(=O)[nH]2)CC1. The van der Waals surface area contributed by atoms with Crippen LogP contribution in [0, 0.1) is 25.1 Å². The minimum Gasteiger partial charge on any atom is -0.377 e. The molecule has 1 aromatic heterocycles. The molecule has 1 amide bonds. The van der Waals surface area contributed by atoms with Gasteiger partial charge in [0.15, 0.2) is 0 Å². The highest BCUT2D eigenvalue weighted by molar-refractivity contribution is 5.85. The number of hydrogen-bond donors (Lipinski definition) is 1. The van der Waals surface area contributed by atoms with E-state index in [1.165, 1.54) is 24.3 Å². The average molecular weight is 436 g/mol. The van der Waals surface area contributed by atoms with Gasteiger partial charge in [-0.2, -0.15) is 0 Å². The first-order valence-corrected chi connectivity index (χ1v) is 10.4. The molecule has 32 heavy (non-hydrogen) atoms. The number of piperazine rings is 1. The lowest BCUT2D eigenvalue weighted by atomic mass is 10.0. The summed E-state index contributed by atoms with van der Waals surface area (Å²) in [6, 6.07) is 8.73. The third-order valence-corrected chi connectivity index (χ3v) is 5.87. The molecule has 164 valence electrons. The van der Waals surface area contributed by atoms with Gasteiger partial charge in [0.25, 0.3) is 5.56 Å². The van der Waals surface area contributed by atoms with Crippen LogP contribution < -0.4 is 10.5 Å². The predicted molar refractivity (Wildman–Crippen MR) is 119 cm³/mol. The number of aromatic amines is 1. The summed E-state index contributed by atoms with van der Waals surface area (Å²) in [6.07, 6.45) is 0.551. The number of carbonyl (C=O) groups excluding carboxylic acids is 1. The highest BCUT2D eigenvalue weighted by atomic mass is 19.1. The number of aromatic nitrogens is 1. The topological polar surface area (TPSA) is 60.8 Å². The summed E-state index contributed by atoms with van der Waals surface area (Å²) in [5, 5.41) is 0.586. The molecule has 1 saturated heterocycles. The first-order chi connectivity index (χ1) is 15.4. The van der Waals surface area contributed by atoms with Gasteiger partial charge >= 0.3 is 0 Å². The van der Waals surface area contributed by atoms with Crippen molar-refractivity contribution in [1.82, 2.24) is 9.88 Å². The second-order valence-corrected chi connectivity index (χ2v) is 7.89. The molecule has 1 fully saturated rings. The normalized spacial score (nSPS) is 13.9. The van der Waals surface area contributed by atoms with E-state index in [1.807, 2.05) is 11.8 Å². The molecule has 8 heteroatoms. The third kappa shape index (κ3) is 4.19. The number of anilines is 1. The standard InChI is InChI=1S/C24H22F2N4O2/c1-15-3-6-19(26)23-18(15)14-17(28-24(23)32)5-8-22(31)30-11-9-29(10-12-30)21-13-16(25)4-7-20(21)27-2/h3-4,6-7,13-14H,5,8-12H2,1H3,(H,28,32). The fourth-order valence-electron chi connectivity index (χ4n) is 4.11. The second-order valence-electron chi connectivity index (χ2n) is 7.89. The molecular weight excluding hydrogens is 414 g/mol. The number of nitrogens with one attached hydrogen (secondary N) is 1. The molecule has 0 bridgehead atoms. The van der Waals surface area contributed by atoms with Gasteiger partial charge in [0.05, 0.1) is 12.0 Å². The molecule has 0 saturated carbocycles. The van der Waals surface area contributed by atoms with Crippen molar-refractivity contribution in [3.63, 3.8) is 0 Å². The summed E-state index contributed by atoms with van der Waals surface area (Å²) in [5.74, 6) is -1.01. The van der Waals surface area contributed by atoms with Crippen molar-refractivity contribution in [1.29, 1.82) is 0 Å². The lowest BCUT2D eigenvalue weighted by Gasteiger charge is -2.36. The number of halogens is 2. The van der Waals surface area contributed by atoms with Gasteiger partial charge in [-0.15, -0.1) is 0 Å². The van der Waals surface area contributed by atoms with Crippen LogP contribution in [0.5, 0.6) is 0 Å². The lowest BCUT2D eigenvalue weighted by Crippen LogP contribution is -2.48. The molecule has 0 radical (unpaired) electrons. The molecule has 0 aliphatic carbocycles. The van der Waals surface area contributed by atoms with Crippen molar-refractivity contribution in [2.75, 3.05) is 31.1 Å². The Morgan fingerprint density at radius 3 is 2.59 bits per heavy atom. The summed E-state index contributed by atoms with van der Waals surface area (Å²) < 4.78 is 27.7. The van der Waals surface area contributed by atoms with Crippen molar-refractivity contribution in [2.45, 2.75) is 19.8 Å². The van der Waals surface area contributed by atoms with Gasteiger partial charge in [0.2, 0.25) is 11.6 Å². The Kier molecular flexibility index (Phi) is 5.91. The fourth-order valence-corrected chi connectivity index (χ4v) is 4.11. The highest BCUT2D eigenvalue weighted by Crippen LogP contribution is 2.30. The number of hydrogen-bond acceptors (Lipinski definition) is 3. The monoisotopic (exact) mass is 436 g/mol. The van der Waals surface area contributed by atoms with Crippen LogP contribution in [-0.2, 0) is 11.2 Å². The van der Waals surface area contributed by atoms with Crippen LogP contribution in [0.1, 0.15) is 17.7 Å². The van der Waals surface area contributed by atoms with Crippen molar-refractivity contribution in [2.24, 2.45) is 0 Å². The van der Waals surface area contributed by atoms with Crippen LogP contribution in [0.4, 0.5) is 20.2 Å². The zero-order valence-electron chi connectivity index (χ0n) is 17.6. The average Bonchev–Trinajstić information content (AvgIpc) is 2.79. The van der Waals surface area contributed by atoms with Gasteiger partial charge in [0, 0.05) is 44.0 Å². The van der Waals surface area contributed by atoms with Gasteiger partial charge in [-0.25, -0.2) is 13.6 Å². The Balaban J connectivity index is 1.40. The summed E-state index contributed by atoms with van der Waals surface area (Å²) in [6.45, 7) is 11.0. The van der Waals surface area contributed by atoms with E-state index < -0.39 is 17.2 Å². The van der Waals surface area contributed by atoms with E-state index in [9.17, 15) is 18.4 Å². The number of benzene rings is 2. The van der Waals surface area contributed by atoms with Crippen LogP contribution in [0.15, 0.2) is 41.2 Å². The second kappa shape index (κ2) is 8.79. The largest absolute Gasteiger partial charge is 0.377 e. The van der Waals surface area contributed by atoms with Crippen LogP contribution in [0.25, 0.3) is 15.6 Å². The zero-order chi connectivity index (χ0) is 22.8. The molecule has 3 aromatic rings. The maximum atomic E-state index is 14.0. The number of carbonyl (C=O) groups is 1. The van der Waals surface area contributed by atoms with Gasteiger partial charge in [-0.05, 0) is 48.6 Å². The van der Waals surface area contributed by atoms with Crippen LogP contribution in [0.3, 0.4) is 0 Å². The number of nitrogens with zero attached hydrogens (tertiary/aromatic N) is 3. The first kappa shape index (κ1) is 21.5. The van der Waals surface area contributed by atoms with Gasteiger partial charge in [-0.1, -0.05) is 12.1 Å². The molecule has 1 aliphatic heterocycles. The molecule has 0 atom stereocenters. The van der Waals surface area contributed by atoms with Gasteiger partial charge in [-0.3, -0.25) is 9.59 Å². The van der Waals surface area contributed by atoms with Crippen LogP contribution in [0.2, 0.25) is 0 Å². The molecule has 0 unspecified atom stereocenters. The summed E-state index contributed by atoms with van der Waals surface area (Å²) in [5.41, 5.74) is 1.82. The Morgan fingerprint density at radius 2 is 1.88 bits per heavy atom. The fraction of sp³-hybridized carbons (Fsp3) is 0.292. The van der Waals surface area contributed by atoms with E-state index in [2.05, 4.69) is 9.83 Å². The quantitative estimate of drug-likeness (QED) is 0.630. The molecule has 2 aromatic carbocycles.